The number of hydrogen-bond donors (Lipinski definition) is 1. The van der Waals surface area contributed by atoms with E-state index < -0.39 is 17.5 Å². The number of fused-ring (bicyclic) bond motifs is 1. The molecule has 0 saturated carbocycles. The first-order chi connectivity index (χ1) is 12.5. The van der Waals surface area contributed by atoms with Crippen molar-refractivity contribution in [3.05, 3.63) is 75.9 Å². The molecule has 3 aromatic rings. The van der Waals surface area contributed by atoms with Crippen LogP contribution in [-0.2, 0) is 12.8 Å². The summed E-state index contributed by atoms with van der Waals surface area (Å²) in [7, 11) is 0. The summed E-state index contributed by atoms with van der Waals surface area (Å²) >= 11 is 5.92. The summed E-state index contributed by atoms with van der Waals surface area (Å²) in [6.07, 6.45) is 2.59. The summed E-state index contributed by atoms with van der Waals surface area (Å²) in [5.41, 5.74) is 2.56. The summed E-state index contributed by atoms with van der Waals surface area (Å²) in [5.74, 6) is -2.29. The number of rotatable bonds is 3. The van der Waals surface area contributed by atoms with E-state index in [2.05, 4.69) is 10.4 Å². The Bertz CT molecular complexity index is 1000. The van der Waals surface area contributed by atoms with E-state index in [1.165, 1.54) is 0 Å². The minimum atomic E-state index is -1.12. The second-order valence-corrected chi connectivity index (χ2v) is 6.48. The first-order valence-corrected chi connectivity index (χ1v) is 8.54. The highest BCUT2D eigenvalue weighted by atomic mass is 35.5. The number of nitrogens with one attached hydrogen (secondary N) is 1. The number of aromatic nitrogens is 2. The molecule has 0 saturated heterocycles. The van der Waals surface area contributed by atoms with Gasteiger partial charge in [0.25, 0.3) is 5.91 Å². The van der Waals surface area contributed by atoms with Crippen molar-refractivity contribution in [3.63, 3.8) is 0 Å². The highest BCUT2D eigenvalue weighted by molar-refractivity contribution is 6.34. The van der Waals surface area contributed by atoms with Crippen molar-refractivity contribution in [2.75, 3.05) is 5.32 Å². The molecule has 1 aliphatic carbocycles. The van der Waals surface area contributed by atoms with E-state index in [1.54, 1.807) is 4.68 Å². The summed E-state index contributed by atoms with van der Waals surface area (Å²) in [5, 5.41) is 7.23. The van der Waals surface area contributed by atoms with E-state index in [0.29, 0.717) is 5.82 Å². The van der Waals surface area contributed by atoms with Gasteiger partial charge in [0.05, 0.1) is 22.0 Å². The number of benzene rings is 2. The van der Waals surface area contributed by atoms with E-state index in [-0.39, 0.29) is 10.6 Å². The lowest BCUT2D eigenvalue weighted by molar-refractivity contribution is 0.102. The molecule has 0 unspecified atom stereocenters. The molecular weight excluding hydrogens is 360 g/mol. The third kappa shape index (κ3) is 2.86. The molecule has 1 aromatic heterocycles. The molecule has 1 aliphatic rings. The quantitative estimate of drug-likeness (QED) is 0.685. The Balaban J connectivity index is 1.75. The van der Waals surface area contributed by atoms with Crippen LogP contribution in [0, 0.1) is 11.6 Å². The van der Waals surface area contributed by atoms with Gasteiger partial charge < -0.3 is 5.32 Å². The highest BCUT2D eigenvalue weighted by Gasteiger charge is 2.25. The number of aryl methyl sites for hydroxylation is 1. The molecule has 7 heteroatoms. The van der Waals surface area contributed by atoms with Crippen molar-refractivity contribution in [1.29, 1.82) is 0 Å². The number of para-hydroxylation sites is 1. The second-order valence-electron chi connectivity index (χ2n) is 6.08. The normalized spacial score (nSPS) is 12.9. The Morgan fingerprint density at radius 1 is 1.12 bits per heavy atom. The van der Waals surface area contributed by atoms with Gasteiger partial charge in [-0.15, -0.1) is 0 Å². The van der Waals surface area contributed by atoms with Crippen LogP contribution in [0.2, 0.25) is 5.02 Å². The molecule has 1 N–H and O–H groups in total. The molecule has 0 fully saturated rings. The molecule has 1 amide bonds. The van der Waals surface area contributed by atoms with Crippen molar-refractivity contribution in [3.8, 4) is 5.69 Å². The van der Waals surface area contributed by atoms with Gasteiger partial charge in [-0.1, -0.05) is 29.8 Å². The van der Waals surface area contributed by atoms with E-state index in [0.717, 1.165) is 48.3 Å². The maximum atomic E-state index is 13.5. The number of carbonyl (C=O) groups excluding carboxylic acids is 1. The minimum Gasteiger partial charge on any atom is -0.306 e. The number of hydrogen-bond acceptors (Lipinski definition) is 2. The van der Waals surface area contributed by atoms with E-state index in [1.807, 2.05) is 30.3 Å². The fourth-order valence-electron chi connectivity index (χ4n) is 3.15. The zero-order valence-corrected chi connectivity index (χ0v) is 14.4. The van der Waals surface area contributed by atoms with Crippen molar-refractivity contribution in [2.24, 2.45) is 0 Å². The van der Waals surface area contributed by atoms with Crippen LogP contribution in [0.1, 0.15) is 28.0 Å². The van der Waals surface area contributed by atoms with Crippen LogP contribution in [-0.4, -0.2) is 15.7 Å². The fourth-order valence-corrected chi connectivity index (χ4v) is 3.38. The monoisotopic (exact) mass is 373 g/mol. The van der Waals surface area contributed by atoms with Gasteiger partial charge in [0.2, 0.25) is 0 Å². The summed E-state index contributed by atoms with van der Waals surface area (Å²) in [4.78, 5) is 12.7. The predicted molar refractivity (Wildman–Crippen MR) is 94.9 cm³/mol. The van der Waals surface area contributed by atoms with Crippen molar-refractivity contribution >= 4 is 23.3 Å². The molecule has 4 nitrogen and oxygen atoms in total. The Morgan fingerprint density at radius 3 is 2.62 bits per heavy atom. The number of amides is 1. The molecule has 1 heterocycles. The van der Waals surface area contributed by atoms with Crippen LogP contribution >= 0.6 is 11.6 Å². The first kappa shape index (κ1) is 16.7. The summed E-state index contributed by atoms with van der Waals surface area (Å²) in [6.45, 7) is 0. The molecule has 2 aromatic carbocycles. The summed E-state index contributed by atoms with van der Waals surface area (Å²) < 4.78 is 28.5. The Hall–Kier alpha value is -2.73. The van der Waals surface area contributed by atoms with Crippen molar-refractivity contribution in [1.82, 2.24) is 9.78 Å². The third-order valence-corrected chi connectivity index (χ3v) is 4.71. The van der Waals surface area contributed by atoms with Crippen LogP contribution in [0.5, 0.6) is 0 Å². The molecule has 26 heavy (non-hydrogen) atoms. The lowest BCUT2D eigenvalue weighted by Crippen LogP contribution is -2.17. The summed E-state index contributed by atoms with van der Waals surface area (Å²) in [6, 6.07) is 11.0. The average Bonchev–Trinajstić information content (AvgIpc) is 3.21. The maximum absolute atomic E-state index is 13.5. The molecule has 0 atom stereocenters. The van der Waals surface area contributed by atoms with Gasteiger partial charge >= 0.3 is 0 Å². The molecule has 0 spiro atoms. The van der Waals surface area contributed by atoms with E-state index in [4.69, 9.17) is 11.6 Å². The molecule has 0 bridgehead atoms. The zero-order valence-electron chi connectivity index (χ0n) is 13.6. The first-order valence-electron chi connectivity index (χ1n) is 8.16. The lowest BCUT2D eigenvalue weighted by Gasteiger charge is -2.12. The van der Waals surface area contributed by atoms with Crippen LogP contribution < -0.4 is 5.32 Å². The van der Waals surface area contributed by atoms with Gasteiger partial charge in [-0.2, -0.15) is 5.10 Å². The van der Waals surface area contributed by atoms with Crippen LogP contribution in [0.3, 0.4) is 0 Å². The second kappa shape index (κ2) is 6.53. The molecule has 0 aliphatic heterocycles. The number of anilines is 1. The lowest BCUT2D eigenvalue weighted by atomic mass is 10.2. The van der Waals surface area contributed by atoms with Crippen LogP contribution in [0.25, 0.3) is 5.69 Å². The van der Waals surface area contributed by atoms with Gasteiger partial charge in [-0.05, 0) is 43.5 Å². The Morgan fingerprint density at radius 2 is 1.85 bits per heavy atom. The van der Waals surface area contributed by atoms with Gasteiger partial charge in [-0.3, -0.25) is 4.79 Å². The van der Waals surface area contributed by atoms with Crippen LogP contribution in [0.4, 0.5) is 14.6 Å². The van der Waals surface area contributed by atoms with E-state index >= 15 is 0 Å². The number of nitrogens with zero attached hydrogens (tertiary/aromatic N) is 2. The molecule has 0 radical (unpaired) electrons. The van der Waals surface area contributed by atoms with Gasteiger partial charge in [0.1, 0.15) is 5.82 Å². The fraction of sp³-hybridized carbons (Fsp3) is 0.158. The van der Waals surface area contributed by atoms with Gasteiger partial charge in [0, 0.05) is 5.56 Å². The Kier molecular flexibility index (Phi) is 4.20. The molecule has 132 valence electrons. The van der Waals surface area contributed by atoms with Crippen molar-refractivity contribution < 1.29 is 13.6 Å². The SMILES string of the molecule is O=C(Nc1c2c(nn1-c1ccccc1)CCC2)c1cc(F)c(F)cc1Cl. The smallest absolute Gasteiger partial charge is 0.258 e. The average molecular weight is 374 g/mol. The Labute approximate surface area is 153 Å². The van der Waals surface area contributed by atoms with Crippen molar-refractivity contribution in [2.45, 2.75) is 19.3 Å². The minimum absolute atomic E-state index is 0.127. The van der Waals surface area contributed by atoms with Gasteiger partial charge in [0.15, 0.2) is 11.6 Å². The highest BCUT2D eigenvalue weighted by Crippen LogP contribution is 2.32. The number of halogens is 3. The standard InChI is InChI=1S/C19H14ClF2N3O/c20-14-10-16(22)15(21)9-13(14)19(26)23-18-12-7-4-8-17(12)24-25(18)11-5-2-1-3-6-11/h1-3,5-6,9-10H,4,7-8H2,(H,23,26). The molecule has 4 rings (SSSR count). The molecular formula is C19H14ClF2N3O. The van der Waals surface area contributed by atoms with Gasteiger partial charge in [-0.25, -0.2) is 13.5 Å². The number of carbonyl (C=O) groups is 1. The maximum Gasteiger partial charge on any atom is 0.258 e. The third-order valence-electron chi connectivity index (χ3n) is 4.39. The van der Waals surface area contributed by atoms with Crippen LogP contribution in [0.15, 0.2) is 42.5 Å². The zero-order chi connectivity index (χ0) is 18.3. The predicted octanol–water partition coefficient (Wildman–Crippen LogP) is 4.54. The largest absolute Gasteiger partial charge is 0.306 e. The topological polar surface area (TPSA) is 46.9 Å². The van der Waals surface area contributed by atoms with E-state index in [9.17, 15) is 13.6 Å².